The van der Waals surface area contributed by atoms with Gasteiger partial charge in [0.2, 0.25) is 0 Å². The third-order valence-electron chi connectivity index (χ3n) is 1.84. The maximum Gasteiger partial charge on any atom is 0.309 e. The van der Waals surface area contributed by atoms with E-state index in [0.717, 1.165) is 0 Å². The Balaban J connectivity index is 2.65. The molecule has 2 aromatic rings. The molecular weight excluding hydrogens is 266 g/mol. The second-order valence-electron chi connectivity index (χ2n) is 2.94. The lowest BCUT2D eigenvalue weighted by molar-refractivity contribution is -0.136. The van der Waals surface area contributed by atoms with E-state index in [1.807, 2.05) is 0 Å². The van der Waals surface area contributed by atoms with Crippen molar-refractivity contribution in [3.8, 4) is 0 Å². The van der Waals surface area contributed by atoms with Crippen molar-refractivity contribution in [3.05, 3.63) is 32.8 Å². The Kier molecular flexibility index (Phi) is 2.31. The van der Waals surface area contributed by atoms with E-state index < -0.39 is 5.97 Å². The van der Waals surface area contributed by atoms with Crippen LogP contribution in [0.5, 0.6) is 0 Å². The number of nitrogens with zero attached hydrogens (tertiary/aromatic N) is 2. The van der Waals surface area contributed by atoms with Crippen LogP contribution in [0.2, 0.25) is 0 Å². The minimum absolute atomic E-state index is 0.243. The topological polar surface area (TPSA) is 87.5 Å². The monoisotopic (exact) mass is 271 g/mol. The van der Waals surface area contributed by atoms with Gasteiger partial charge >= 0.3 is 5.97 Å². The first kappa shape index (κ1) is 9.91. The molecule has 0 aliphatic carbocycles. The third kappa shape index (κ3) is 1.78. The van der Waals surface area contributed by atoms with Crippen molar-refractivity contribution >= 4 is 27.5 Å². The van der Waals surface area contributed by atoms with Gasteiger partial charge in [-0.3, -0.25) is 14.7 Å². The lowest BCUT2D eigenvalue weighted by Crippen LogP contribution is -2.16. The Morgan fingerprint density at radius 1 is 1.67 bits per heavy atom. The number of aromatic nitrogens is 3. The molecule has 7 heteroatoms. The summed E-state index contributed by atoms with van der Waals surface area (Å²) in [6, 6.07) is 1.20. The van der Waals surface area contributed by atoms with Crippen LogP contribution in [0.1, 0.15) is 5.69 Å². The highest BCUT2D eigenvalue weighted by molar-refractivity contribution is 9.10. The van der Waals surface area contributed by atoms with E-state index in [1.165, 1.54) is 10.6 Å². The van der Waals surface area contributed by atoms with E-state index in [2.05, 4.69) is 26.0 Å². The average molecular weight is 272 g/mol. The first-order valence-corrected chi connectivity index (χ1v) is 4.84. The Morgan fingerprint density at radius 2 is 2.40 bits per heavy atom. The Hall–Kier alpha value is -1.63. The minimum atomic E-state index is -1.02. The van der Waals surface area contributed by atoms with Crippen LogP contribution in [-0.2, 0) is 11.2 Å². The van der Waals surface area contributed by atoms with Gasteiger partial charge in [-0.1, -0.05) is 0 Å². The SMILES string of the molecule is O=C(O)Cc1cc(=O)n2[nH]cc(Br)c2n1. The van der Waals surface area contributed by atoms with Gasteiger partial charge in [0, 0.05) is 12.3 Å². The molecule has 0 saturated carbocycles. The average Bonchev–Trinajstić information content (AvgIpc) is 2.47. The van der Waals surface area contributed by atoms with Crippen LogP contribution in [0.3, 0.4) is 0 Å². The number of carboxylic acid groups (broad SMARTS) is 1. The molecule has 2 aromatic heterocycles. The van der Waals surface area contributed by atoms with Gasteiger partial charge in [0.05, 0.1) is 16.6 Å². The van der Waals surface area contributed by atoms with E-state index in [-0.39, 0.29) is 17.7 Å². The summed E-state index contributed by atoms with van der Waals surface area (Å²) in [5, 5.41) is 11.3. The first-order valence-electron chi connectivity index (χ1n) is 4.05. The number of hydrogen-bond acceptors (Lipinski definition) is 3. The zero-order valence-corrected chi connectivity index (χ0v) is 8.98. The highest BCUT2D eigenvalue weighted by atomic mass is 79.9. The number of nitrogens with one attached hydrogen (secondary N) is 1. The molecule has 15 heavy (non-hydrogen) atoms. The fraction of sp³-hybridized carbons (Fsp3) is 0.125. The summed E-state index contributed by atoms with van der Waals surface area (Å²) in [5.74, 6) is -1.02. The molecule has 0 aliphatic rings. The highest BCUT2D eigenvalue weighted by Crippen LogP contribution is 2.13. The fourth-order valence-electron chi connectivity index (χ4n) is 1.25. The number of aliphatic carboxylic acids is 1. The van der Waals surface area contributed by atoms with Crippen molar-refractivity contribution < 1.29 is 9.90 Å². The number of rotatable bonds is 2. The molecule has 0 atom stereocenters. The van der Waals surface area contributed by atoms with Gasteiger partial charge in [0.25, 0.3) is 5.56 Å². The van der Waals surface area contributed by atoms with Crippen molar-refractivity contribution in [2.45, 2.75) is 6.42 Å². The predicted octanol–water partition coefficient (Wildman–Crippen LogP) is 0.412. The van der Waals surface area contributed by atoms with Crippen molar-refractivity contribution in [2.75, 3.05) is 0 Å². The molecule has 78 valence electrons. The Bertz CT molecular complexity index is 586. The standard InChI is InChI=1S/C8H6BrN3O3/c9-5-3-10-12-6(13)1-4(2-7(14)15)11-8(5)12/h1,3,10H,2H2,(H,14,15). The summed E-state index contributed by atoms with van der Waals surface area (Å²) in [5.41, 5.74) is 0.300. The molecule has 0 amide bonds. The van der Waals surface area contributed by atoms with Gasteiger partial charge in [-0.05, 0) is 15.9 Å². The van der Waals surface area contributed by atoms with Crippen LogP contribution in [0.15, 0.2) is 21.5 Å². The highest BCUT2D eigenvalue weighted by Gasteiger charge is 2.09. The zero-order chi connectivity index (χ0) is 11.0. The number of aromatic amines is 1. The predicted molar refractivity (Wildman–Crippen MR) is 54.9 cm³/mol. The lowest BCUT2D eigenvalue weighted by atomic mass is 10.3. The summed E-state index contributed by atoms with van der Waals surface area (Å²) >= 11 is 3.20. The van der Waals surface area contributed by atoms with Gasteiger partial charge in [-0.2, -0.15) is 0 Å². The van der Waals surface area contributed by atoms with Crippen LogP contribution in [0, 0.1) is 0 Å². The zero-order valence-electron chi connectivity index (χ0n) is 7.40. The van der Waals surface area contributed by atoms with Crippen molar-refractivity contribution in [1.82, 2.24) is 14.6 Å². The number of halogens is 1. The summed E-state index contributed by atoms with van der Waals surface area (Å²) < 4.78 is 1.85. The van der Waals surface area contributed by atoms with Crippen LogP contribution in [0.4, 0.5) is 0 Å². The lowest BCUT2D eigenvalue weighted by Gasteiger charge is -1.97. The molecule has 6 nitrogen and oxygen atoms in total. The number of carboxylic acids is 1. The molecule has 0 spiro atoms. The van der Waals surface area contributed by atoms with E-state index >= 15 is 0 Å². The van der Waals surface area contributed by atoms with Crippen LogP contribution >= 0.6 is 15.9 Å². The summed E-state index contributed by atoms with van der Waals surface area (Å²) in [6.07, 6.45) is 1.30. The van der Waals surface area contributed by atoms with Gasteiger partial charge in [0.1, 0.15) is 0 Å². The minimum Gasteiger partial charge on any atom is -0.481 e. The largest absolute Gasteiger partial charge is 0.481 e. The molecule has 2 rings (SSSR count). The third-order valence-corrected chi connectivity index (χ3v) is 2.42. The molecule has 0 aliphatic heterocycles. The smallest absolute Gasteiger partial charge is 0.309 e. The van der Waals surface area contributed by atoms with Gasteiger partial charge in [0.15, 0.2) is 5.65 Å². The van der Waals surface area contributed by atoms with Crippen molar-refractivity contribution in [1.29, 1.82) is 0 Å². The maximum absolute atomic E-state index is 11.5. The molecule has 0 unspecified atom stereocenters. The second kappa shape index (κ2) is 3.50. The molecule has 2 heterocycles. The summed E-state index contributed by atoms with van der Waals surface area (Å²) in [7, 11) is 0. The van der Waals surface area contributed by atoms with E-state index in [1.54, 1.807) is 6.20 Å². The fourth-order valence-corrected chi connectivity index (χ4v) is 1.61. The van der Waals surface area contributed by atoms with Gasteiger partial charge in [-0.15, -0.1) is 0 Å². The Morgan fingerprint density at radius 3 is 3.07 bits per heavy atom. The molecule has 0 aromatic carbocycles. The van der Waals surface area contributed by atoms with Crippen LogP contribution < -0.4 is 5.56 Å². The normalized spacial score (nSPS) is 10.7. The molecule has 0 radical (unpaired) electrons. The van der Waals surface area contributed by atoms with Crippen LogP contribution in [-0.4, -0.2) is 25.7 Å². The quantitative estimate of drug-likeness (QED) is 0.829. The molecule has 0 bridgehead atoms. The summed E-state index contributed by atoms with van der Waals surface area (Å²) in [4.78, 5) is 26.0. The molecular formula is C8H6BrN3O3. The summed E-state index contributed by atoms with van der Waals surface area (Å²) in [6.45, 7) is 0. The van der Waals surface area contributed by atoms with E-state index in [4.69, 9.17) is 5.11 Å². The molecule has 0 fully saturated rings. The van der Waals surface area contributed by atoms with Crippen LogP contribution in [0.25, 0.3) is 5.65 Å². The van der Waals surface area contributed by atoms with Gasteiger partial charge < -0.3 is 5.11 Å². The van der Waals surface area contributed by atoms with Crippen molar-refractivity contribution in [2.24, 2.45) is 0 Å². The number of carbonyl (C=O) groups is 1. The number of H-pyrrole nitrogens is 1. The molecule has 0 saturated heterocycles. The second-order valence-corrected chi connectivity index (χ2v) is 3.79. The first-order chi connectivity index (χ1) is 7.08. The molecule has 2 N–H and O–H groups in total. The van der Waals surface area contributed by atoms with E-state index in [0.29, 0.717) is 10.1 Å². The number of fused-ring (bicyclic) bond motifs is 1. The maximum atomic E-state index is 11.5. The van der Waals surface area contributed by atoms with Gasteiger partial charge in [-0.25, -0.2) is 9.50 Å². The van der Waals surface area contributed by atoms with Crippen molar-refractivity contribution in [3.63, 3.8) is 0 Å². The number of hydrogen-bond donors (Lipinski definition) is 2. The Labute approximate surface area is 91.7 Å². The van der Waals surface area contributed by atoms with E-state index in [9.17, 15) is 9.59 Å².